The zero-order valence-electron chi connectivity index (χ0n) is 11.3. The lowest BCUT2D eigenvalue weighted by molar-refractivity contribution is 0.0961. The molecule has 1 aromatic carbocycles. The second-order valence-corrected chi connectivity index (χ2v) is 5.70. The van der Waals surface area contributed by atoms with Crippen LogP contribution in [0.5, 0.6) is 0 Å². The summed E-state index contributed by atoms with van der Waals surface area (Å²) in [5.41, 5.74) is 6.88. The fourth-order valence-corrected chi connectivity index (χ4v) is 2.73. The van der Waals surface area contributed by atoms with Gasteiger partial charge in [0, 0.05) is 29.4 Å². The molecule has 0 atom stereocenters. The van der Waals surface area contributed by atoms with Crippen molar-refractivity contribution in [3.05, 3.63) is 50.7 Å². The van der Waals surface area contributed by atoms with Crippen LogP contribution in [0.2, 0.25) is 5.02 Å². The standard InChI is InChI=1S/C14H14ClN3O2S/c1-17-14(20)8-2-3-11(15)12(5-8)18-6-10-4-9(7-21-10)13(16)19/h2-5,7,18H,6H2,1H3,(H2,16,19)(H,17,20). The molecule has 0 saturated carbocycles. The van der Waals surface area contributed by atoms with Crippen LogP contribution in [-0.4, -0.2) is 18.9 Å². The highest BCUT2D eigenvalue weighted by Crippen LogP contribution is 2.24. The summed E-state index contributed by atoms with van der Waals surface area (Å²) in [7, 11) is 1.57. The minimum absolute atomic E-state index is 0.179. The molecule has 5 nitrogen and oxygen atoms in total. The van der Waals surface area contributed by atoms with Crippen molar-refractivity contribution in [2.75, 3.05) is 12.4 Å². The number of nitrogens with one attached hydrogen (secondary N) is 2. The van der Waals surface area contributed by atoms with Gasteiger partial charge in [0.25, 0.3) is 5.91 Å². The maximum Gasteiger partial charge on any atom is 0.251 e. The van der Waals surface area contributed by atoms with E-state index in [1.807, 2.05) is 0 Å². The predicted octanol–water partition coefficient (Wildman–Crippen LogP) is 2.47. The predicted molar refractivity (Wildman–Crippen MR) is 85.0 cm³/mol. The SMILES string of the molecule is CNC(=O)c1ccc(Cl)c(NCc2cc(C(N)=O)cs2)c1. The first kappa shape index (κ1) is 15.3. The monoisotopic (exact) mass is 323 g/mol. The number of rotatable bonds is 5. The molecule has 7 heteroatoms. The lowest BCUT2D eigenvalue weighted by Gasteiger charge is -2.09. The Morgan fingerprint density at radius 1 is 1.29 bits per heavy atom. The molecule has 0 aliphatic rings. The zero-order valence-corrected chi connectivity index (χ0v) is 12.8. The Hall–Kier alpha value is -2.05. The Kier molecular flexibility index (Phi) is 4.82. The largest absolute Gasteiger partial charge is 0.379 e. The van der Waals surface area contributed by atoms with Crippen LogP contribution in [0.15, 0.2) is 29.6 Å². The Bertz CT molecular complexity index is 685. The molecule has 2 rings (SSSR count). The molecule has 0 unspecified atom stereocenters. The van der Waals surface area contributed by atoms with Crippen molar-refractivity contribution in [1.29, 1.82) is 0 Å². The highest BCUT2D eigenvalue weighted by atomic mass is 35.5. The average molecular weight is 324 g/mol. The molecule has 1 aromatic heterocycles. The van der Waals surface area contributed by atoms with E-state index in [1.54, 1.807) is 36.7 Å². The maximum atomic E-state index is 11.6. The van der Waals surface area contributed by atoms with Crippen molar-refractivity contribution in [2.45, 2.75) is 6.54 Å². The van der Waals surface area contributed by atoms with Crippen LogP contribution in [0.4, 0.5) is 5.69 Å². The van der Waals surface area contributed by atoms with Crippen molar-refractivity contribution < 1.29 is 9.59 Å². The minimum atomic E-state index is -0.447. The van der Waals surface area contributed by atoms with Crippen molar-refractivity contribution in [2.24, 2.45) is 5.73 Å². The van der Waals surface area contributed by atoms with E-state index in [-0.39, 0.29) is 5.91 Å². The van der Waals surface area contributed by atoms with Crippen LogP contribution in [0.3, 0.4) is 0 Å². The summed E-state index contributed by atoms with van der Waals surface area (Å²) in [5, 5.41) is 7.94. The summed E-state index contributed by atoms with van der Waals surface area (Å²) in [6.07, 6.45) is 0. The third kappa shape index (κ3) is 3.74. The van der Waals surface area contributed by atoms with E-state index in [1.165, 1.54) is 11.3 Å². The van der Waals surface area contributed by atoms with Crippen LogP contribution in [0, 0.1) is 0 Å². The highest BCUT2D eigenvalue weighted by Gasteiger charge is 2.09. The Labute approximate surface area is 131 Å². The first-order valence-corrected chi connectivity index (χ1v) is 7.39. The van der Waals surface area contributed by atoms with Gasteiger partial charge in [-0.25, -0.2) is 0 Å². The number of carbonyl (C=O) groups excluding carboxylic acids is 2. The first-order chi connectivity index (χ1) is 10.0. The van der Waals surface area contributed by atoms with E-state index in [0.29, 0.717) is 28.4 Å². The Morgan fingerprint density at radius 2 is 2.05 bits per heavy atom. The number of nitrogens with two attached hydrogens (primary N) is 1. The summed E-state index contributed by atoms with van der Waals surface area (Å²) in [6.45, 7) is 0.495. The molecule has 4 N–H and O–H groups in total. The number of primary amides is 1. The topological polar surface area (TPSA) is 84.2 Å². The molecule has 0 aliphatic carbocycles. The number of carbonyl (C=O) groups is 2. The molecule has 2 aromatic rings. The molecule has 0 spiro atoms. The smallest absolute Gasteiger partial charge is 0.251 e. The fraction of sp³-hybridized carbons (Fsp3) is 0.143. The van der Waals surface area contributed by atoms with E-state index < -0.39 is 5.91 Å². The van der Waals surface area contributed by atoms with Crippen molar-refractivity contribution in [1.82, 2.24) is 5.32 Å². The van der Waals surface area contributed by atoms with E-state index in [2.05, 4.69) is 10.6 Å². The van der Waals surface area contributed by atoms with Crippen LogP contribution in [0.25, 0.3) is 0 Å². The first-order valence-electron chi connectivity index (χ1n) is 6.14. The molecule has 0 aliphatic heterocycles. The summed E-state index contributed by atoms with van der Waals surface area (Å²) in [6, 6.07) is 6.74. The van der Waals surface area contributed by atoms with Crippen LogP contribution < -0.4 is 16.4 Å². The maximum absolute atomic E-state index is 11.6. The number of halogens is 1. The number of anilines is 1. The van der Waals surface area contributed by atoms with Gasteiger partial charge in [0.2, 0.25) is 5.91 Å². The number of amides is 2. The van der Waals surface area contributed by atoms with Crippen LogP contribution in [0.1, 0.15) is 25.6 Å². The summed E-state index contributed by atoms with van der Waals surface area (Å²) in [5.74, 6) is -0.626. The van der Waals surface area contributed by atoms with Gasteiger partial charge in [-0.05, 0) is 24.3 Å². The van der Waals surface area contributed by atoms with Crippen LogP contribution >= 0.6 is 22.9 Å². The van der Waals surface area contributed by atoms with Gasteiger partial charge in [-0.1, -0.05) is 11.6 Å². The van der Waals surface area contributed by atoms with Gasteiger partial charge < -0.3 is 16.4 Å². The van der Waals surface area contributed by atoms with Crippen molar-refractivity contribution >= 4 is 40.4 Å². The molecule has 0 bridgehead atoms. The van der Waals surface area contributed by atoms with Crippen molar-refractivity contribution in [3.63, 3.8) is 0 Å². The third-order valence-corrected chi connectivity index (χ3v) is 4.11. The Morgan fingerprint density at radius 3 is 2.67 bits per heavy atom. The van der Waals surface area contributed by atoms with Crippen molar-refractivity contribution in [3.8, 4) is 0 Å². The molecular weight excluding hydrogens is 310 g/mol. The fourth-order valence-electron chi connectivity index (χ4n) is 1.73. The molecule has 0 fully saturated rings. The zero-order chi connectivity index (χ0) is 15.4. The molecular formula is C14H14ClN3O2S. The lowest BCUT2D eigenvalue weighted by atomic mass is 10.2. The second-order valence-electron chi connectivity index (χ2n) is 4.29. The molecule has 21 heavy (non-hydrogen) atoms. The molecule has 0 radical (unpaired) electrons. The van der Waals surface area contributed by atoms with Gasteiger partial charge >= 0.3 is 0 Å². The molecule has 110 valence electrons. The van der Waals surface area contributed by atoms with Gasteiger partial charge in [-0.2, -0.15) is 0 Å². The minimum Gasteiger partial charge on any atom is -0.379 e. The van der Waals surface area contributed by atoms with E-state index in [0.717, 1.165) is 4.88 Å². The summed E-state index contributed by atoms with van der Waals surface area (Å²) in [4.78, 5) is 23.6. The lowest BCUT2D eigenvalue weighted by Crippen LogP contribution is -2.17. The van der Waals surface area contributed by atoms with Gasteiger partial charge in [0.1, 0.15) is 0 Å². The average Bonchev–Trinajstić information content (AvgIpc) is 2.94. The highest BCUT2D eigenvalue weighted by molar-refractivity contribution is 7.10. The normalized spacial score (nSPS) is 10.2. The van der Waals surface area contributed by atoms with Gasteiger partial charge in [-0.15, -0.1) is 11.3 Å². The quantitative estimate of drug-likeness (QED) is 0.790. The molecule has 1 heterocycles. The van der Waals surface area contributed by atoms with E-state index >= 15 is 0 Å². The van der Waals surface area contributed by atoms with Gasteiger partial charge in [0.05, 0.1) is 16.3 Å². The number of hydrogen-bond acceptors (Lipinski definition) is 4. The summed E-state index contributed by atoms with van der Waals surface area (Å²) >= 11 is 7.53. The Balaban J connectivity index is 2.11. The number of benzene rings is 1. The van der Waals surface area contributed by atoms with Crippen LogP contribution in [-0.2, 0) is 6.54 Å². The molecule has 2 amide bonds. The van der Waals surface area contributed by atoms with Gasteiger partial charge in [-0.3, -0.25) is 9.59 Å². The summed E-state index contributed by atoms with van der Waals surface area (Å²) < 4.78 is 0. The molecule has 0 saturated heterocycles. The van der Waals surface area contributed by atoms with E-state index in [4.69, 9.17) is 17.3 Å². The van der Waals surface area contributed by atoms with Gasteiger partial charge in [0.15, 0.2) is 0 Å². The third-order valence-electron chi connectivity index (χ3n) is 2.85. The number of hydrogen-bond donors (Lipinski definition) is 3. The number of thiophene rings is 1. The second kappa shape index (κ2) is 6.60. The van der Waals surface area contributed by atoms with E-state index in [9.17, 15) is 9.59 Å².